The van der Waals surface area contributed by atoms with E-state index in [0.29, 0.717) is 6.54 Å². The quantitative estimate of drug-likeness (QED) is 0.204. The van der Waals surface area contributed by atoms with Crippen molar-refractivity contribution >= 4 is 23.5 Å². The molecule has 1 aromatic heterocycles. The van der Waals surface area contributed by atoms with Crippen LogP contribution in [-0.2, 0) is 11.2 Å². The normalized spacial score (nSPS) is 15.8. The Morgan fingerprint density at radius 2 is 1.78 bits per heavy atom. The number of carbonyl (C=O) groups excluding carboxylic acids is 1. The third kappa shape index (κ3) is 12.4. The molecule has 1 aliphatic heterocycles. The highest BCUT2D eigenvalue weighted by molar-refractivity contribution is 6.13. The SMILES string of the molecule is C=CN=C(CC)C(/C(=C\C)c1ccncc1)=C(\C)N1CCN(C(=O)OC(C)(C)C)[C@H](C)C1.C=Cc1cc(F)cc(CCC)c1.CC. The van der Waals surface area contributed by atoms with E-state index in [9.17, 15) is 9.18 Å². The lowest BCUT2D eigenvalue weighted by atomic mass is 9.91. The summed E-state index contributed by atoms with van der Waals surface area (Å²) in [5, 5.41) is 0. The van der Waals surface area contributed by atoms with Crippen molar-refractivity contribution in [3.63, 3.8) is 0 Å². The van der Waals surface area contributed by atoms with Crippen LogP contribution in [0.15, 0.2) is 84.4 Å². The number of hydrogen-bond donors (Lipinski definition) is 0. The van der Waals surface area contributed by atoms with Crippen molar-refractivity contribution in [3.05, 3.63) is 102 Å². The molecule has 0 N–H and O–H groups in total. The lowest BCUT2D eigenvalue weighted by molar-refractivity contribution is 0.00495. The van der Waals surface area contributed by atoms with Gasteiger partial charge in [-0.1, -0.05) is 65.5 Å². The second-order valence-electron chi connectivity index (χ2n) is 11.8. The third-order valence-electron chi connectivity index (χ3n) is 7.27. The van der Waals surface area contributed by atoms with E-state index in [-0.39, 0.29) is 18.0 Å². The number of benzene rings is 1. The van der Waals surface area contributed by atoms with Gasteiger partial charge in [0.15, 0.2) is 0 Å². The van der Waals surface area contributed by atoms with Gasteiger partial charge < -0.3 is 14.5 Å². The van der Waals surface area contributed by atoms with Crippen LogP contribution in [-0.4, -0.2) is 57.9 Å². The predicted octanol–water partition coefficient (Wildman–Crippen LogP) is 10.1. The third-order valence-corrected chi connectivity index (χ3v) is 7.27. The molecule has 2 aromatic rings. The molecule has 6 nitrogen and oxygen atoms in total. The summed E-state index contributed by atoms with van der Waals surface area (Å²) in [6, 6.07) is 9.12. The number of amides is 1. The summed E-state index contributed by atoms with van der Waals surface area (Å²) < 4.78 is 18.5. The summed E-state index contributed by atoms with van der Waals surface area (Å²) in [4.78, 5) is 25.6. The van der Waals surface area contributed by atoms with Gasteiger partial charge >= 0.3 is 6.09 Å². The molecule has 1 aliphatic rings. The molecule has 0 radical (unpaired) electrons. The first kappa shape index (κ1) is 40.0. The van der Waals surface area contributed by atoms with Crippen molar-refractivity contribution < 1.29 is 13.9 Å². The molecule has 0 spiro atoms. The van der Waals surface area contributed by atoms with E-state index < -0.39 is 5.60 Å². The van der Waals surface area contributed by atoms with Gasteiger partial charge in [-0.2, -0.15) is 0 Å². The number of pyridine rings is 1. The lowest BCUT2D eigenvalue weighted by Gasteiger charge is -2.42. The van der Waals surface area contributed by atoms with E-state index in [2.05, 4.69) is 61.8 Å². The Bertz CT molecular complexity index is 1360. The molecule has 0 unspecified atom stereocenters. The molecular weight excluding hydrogens is 575 g/mol. The minimum absolute atomic E-state index is 0.0335. The fraction of sp³-hybridized carbons (Fsp3) is 0.462. The van der Waals surface area contributed by atoms with Crippen LogP contribution in [0.1, 0.15) is 98.8 Å². The fourth-order valence-corrected chi connectivity index (χ4v) is 5.23. The van der Waals surface area contributed by atoms with Crippen LogP contribution in [0.2, 0.25) is 0 Å². The zero-order valence-corrected chi connectivity index (χ0v) is 30.0. The van der Waals surface area contributed by atoms with Gasteiger partial charge in [0.25, 0.3) is 0 Å². The molecule has 0 saturated carbocycles. The molecule has 46 heavy (non-hydrogen) atoms. The van der Waals surface area contributed by atoms with Crippen LogP contribution >= 0.6 is 0 Å². The minimum atomic E-state index is -0.501. The minimum Gasteiger partial charge on any atom is -0.444 e. The monoisotopic (exact) mass is 632 g/mol. The molecule has 0 bridgehead atoms. The van der Waals surface area contributed by atoms with Gasteiger partial charge in [0.1, 0.15) is 11.4 Å². The number of piperazine rings is 1. The highest BCUT2D eigenvalue weighted by Crippen LogP contribution is 2.30. The molecule has 3 rings (SSSR count). The number of nitrogens with zero attached hydrogens (tertiary/aromatic N) is 4. The number of rotatable bonds is 9. The van der Waals surface area contributed by atoms with Crippen LogP contribution < -0.4 is 0 Å². The standard InChI is InChI=1S/C26H38N4O2.C11H13F.C2H6/c1-9-22(21-12-14-27-15-13-21)24(23(10-2)28-11-3)20(5)29-16-17-30(19(4)18-29)25(31)32-26(6,7)8;1-3-5-10-6-9(4-2)7-11(12)8-10;1-2/h9,11-15,19H,3,10,16-18H2,1-2,4-8H3;4,6-8H,2-3,5H2,1H3;1-2H3/b22-9-,24-20+,28-23?;;/t19-;;/m1../s1. The number of hydrogen-bond acceptors (Lipinski definition) is 5. The van der Waals surface area contributed by atoms with Crippen molar-refractivity contribution in [3.8, 4) is 0 Å². The molecule has 252 valence electrons. The number of allylic oxidation sites excluding steroid dienone is 4. The number of aryl methyl sites for hydroxylation is 1. The van der Waals surface area contributed by atoms with Gasteiger partial charge in [0.2, 0.25) is 0 Å². The molecule has 0 aliphatic carbocycles. The summed E-state index contributed by atoms with van der Waals surface area (Å²) in [7, 11) is 0. The molecule has 7 heteroatoms. The summed E-state index contributed by atoms with van der Waals surface area (Å²) in [6.45, 7) is 29.6. The molecule has 1 saturated heterocycles. The average Bonchev–Trinajstić information content (AvgIpc) is 3.03. The summed E-state index contributed by atoms with van der Waals surface area (Å²) >= 11 is 0. The van der Waals surface area contributed by atoms with Gasteiger partial charge in [-0.3, -0.25) is 9.98 Å². The first-order valence-corrected chi connectivity index (χ1v) is 16.5. The summed E-state index contributed by atoms with van der Waals surface area (Å²) in [6.07, 6.45) is 11.5. The largest absolute Gasteiger partial charge is 0.444 e. The van der Waals surface area contributed by atoms with Crippen LogP contribution in [0.5, 0.6) is 0 Å². The Morgan fingerprint density at radius 3 is 2.28 bits per heavy atom. The molecular formula is C39H57FN4O2. The van der Waals surface area contributed by atoms with Gasteiger partial charge in [-0.05, 0) is 101 Å². The smallest absolute Gasteiger partial charge is 0.410 e. The van der Waals surface area contributed by atoms with E-state index in [4.69, 9.17) is 4.74 Å². The maximum atomic E-state index is 12.9. The van der Waals surface area contributed by atoms with Gasteiger partial charge in [0, 0.05) is 61.3 Å². The Morgan fingerprint density at radius 1 is 1.13 bits per heavy atom. The van der Waals surface area contributed by atoms with Crippen molar-refractivity contribution in [2.75, 3.05) is 19.6 Å². The van der Waals surface area contributed by atoms with Crippen molar-refractivity contribution in [2.45, 2.75) is 100 Å². The van der Waals surface area contributed by atoms with Crippen LogP contribution in [0.3, 0.4) is 0 Å². The number of carbonyl (C=O) groups is 1. The summed E-state index contributed by atoms with van der Waals surface area (Å²) in [5.41, 5.74) is 6.87. The highest BCUT2D eigenvalue weighted by atomic mass is 19.1. The van der Waals surface area contributed by atoms with Crippen molar-refractivity contribution in [2.24, 2.45) is 4.99 Å². The van der Waals surface area contributed by atoms with E-state index in [1.807, 2.05) is 77.0 Å². The van der Waals surface area contributed by atoms with E-state index >= 15 is 0 Å². The zero-order chi connectivity index (χ0) is 34.9. The summed E-state index contributed by atoms with van der Waals surface area (Å²) in [5.74, 6) is -0.171. The van der Waals surface area contributed by atoms with Crippen LogP contribution in [0.25, 0.3) is 11.6 Å². The van der Waals surface area contributed by atoms with E-state index in [0.717, 1.165) is 71.6 Å². The first-order chi connectivity index (χ1) is 21.9. The van der Waals surface area contributed by atoms with Gasteiger partial charge in [-0.15, -0.1) is 0 Å². The number of aliphatic imine (C=N–C) groups is 1. The fourth-order valence-electron chi connectivity index (χ4n) is 5.23. The van der Waals surface area contributed by atoms with E-state index in [1.165, 1.54) is 6.07 Å². The Hall–Kier alpha value is -4.00. The van der Waals surface area contributed by atoms with Crippen LogP contribution in [0.4, 0.5) is 9.18 Å². The maximum Gasteiger partial charge on any atom is 0.410 e. The molecule has 1 fully saturated rings. The molecule has 1 atom stereocenters. The van der Waals surface area contributed by atoms with Crippen molar-refractivity contribution in [1.82, 2.24) is 14.8 Å². The second kappa shape index (κ2) is 20.2. The van der Waals surface area contributed by atoms with Gasteiger partial charge in [-0.25, -0.2) is 9.18 Å². The molecule has 1 aromatic carbocycles. The second-order valence-corrected chi connectivity index (χ2v) is 11.8. The highest BCUT2D eigenvalue weighted by Gasteiger charge is 2.32. The number of halogens is 1. The molecule has 1 amide bonds. The number of ether oxygens (including phenoxy) is 1. The Kier molecular flexibility index (Phi) is 17.6. The molecule has 2 heterocycles. The van der Waals surface area contributed by atoms with E-state index in [1.54, 1.807) is 18.3 Å². The van der Waals surface area contributed by atoms with Crippen molar-refractivity contribution in [1.29, 1.82) is 0 Å². The zero-order valence-electron chi connectivity index (χ0n) is 30.0. The van der Waals surface area contributed by atoms with Gasteiger partial charge in [0.05, 0.1) is 0 Å². The number of aromatic nitrogens is 1. The van der Waals surface area contributed by atoms with Crippen LogP contribution in [0, 0.1) is 5.82 Å². The predicted molar refractivity (Wildman–Crippen MR) is 194 cm³/mol. The topological polar surface area (TPSA) is 58.0 Å². The lowest BCUT2D eigenvalue weighted by Crippen LogP contribution is -2.54. The Balaban J connectivity index is 0.000000629. The average molecular weight is 633 g/mol. The Labute approximate surface area is 278 Å². The maximum absolute atomic E-state index is 12.9. The first-order valence-electron chi connectivity index (χ1n) is 16.5.